The van der Waals surface area contributed by atoms with E-state index in [4.69, 9.17) is 0 Å². The van der Waals surface area contributed by atoms with Gasteiger partial charge in [-0.1, -0.05) is 27.7 Å². The number of nitrogens with one attached hydrogen (secondary N) is 1. The molecule has 21 heavy (non-hydrogen) atoms. The average molecular weight is 290 g/mol. The van der Waals surface area contributed by atoms with E-state index in [1.807, 2.05) is 27.7 Å². The van der Waals surface area contributed by atoms with Gasteiger partial charge in [0, 0.05) is 0 Å². The maximum atomic E-state index is 11.3. The summed E-state index contributed by atoms with van der Waals surface area (Å²) in [5.41, 5.74) is 2.03. The molecular formula is C15H22N4O2. The van der Waals surface area contributed by atoms with Gasteiger partial charge in [-0.15, -0.1) is 5.10 Å². The molecule has 6 heteroatoms. The second-order valence-corrected chi connectivity index (χ2v) is 5.33. The summed E-state index contributed by atoms with van der Waals surface area (Å²) in [6.07, 6.45) is 1.82. The zero-order valence-electron chi connectivity index (χ0n) is 13.0. The molecule has 1 aromatic rings. The van der Waals surface area contributed by atoms with Crippen molar-refractivity contribution in [3.63, 3.8) is 0 Å². The van der Waals surface area contributed by atoms with Crippen molar-refractivity contribution in [3.8, 4) is 6.07 Å². The van der Waals surface area contributed by atoms with Crippen LogP contribution in [0.15, 0.2) is 0 Å². The van der Waals surface area contributed by atoms with Crippen LogP contribution in [0.3, 0.4) is 0 Å². The molecule has 0 aliphatic carbocycles. The van der Waals surface area contributed by atoms with Gasteiger partial charge >= 0.3 is 5.97 Å². The lowest BCUT2D eigenvalue weighted by atomic mass is 10.0. The Bertz CT molecular complexity index is 549. The van der Waals surface area contributed by atoms with E-state index in [9.17, 15) is 15.2 Å². The minimum Gasteiger partial charge on any atom is -0.480 e. The molecule has 1 heterocycles. The first kappa shape index (κ1) is 16.9. The normalized spacial score (nSPS) is 12.0. The Morgan fingerprint density at radius 1 is 1.33 bits per heavy atom. The van der Waals surface area contributed by atoms with Gasteiger partial charge in [0.1, 0.15) is 17.7 Å². The van der Waals surface area contributed by atoms with Crippen LogP contribution in [0.2, 0.25) is 0 Å². The smallest absolute Gasteiger partial charge is 0.326 e. The SMILES string of the molecule is CCc1nnc(NC(CC(C)C)C(=O)O)c(C#N)c1CC. The zero-order chi connectivity index (χ0) is 16.0. The molecule has 1 aromatic heterocycles. The van der Waals surface area contributed by atoms with Gasteiger partial charge in [0.15, 0.2) is 5.82 Å². The van der Waals surface area contributed by atoms with Crippen molar-refractivity contribution in [1.29, 1.82) is 5.26 Å². The van der Waals surface area contributed by atoms with Gasteiger partial charge < -0.3 is 10.4 Å². The summed E-state index contributed by atoms with van der Waals surface area (Å²) in [5.74, 6) is -0.468. The number of aryl methyl sites for hydroxylation is 1. The van der Waals surface area contributed by atoms with Crippen LogP contribution in [0.25, 0.3) is 0 Å². The van der Waals surface area contributed by atoms with Crippen molar-refractivity contribution >= 4 is 11.8 Å². The van der Waals surface area contributed by atoms with Crippen LogP contribution >= 0.6 is 0 Å². The fourth-order valence-electron chi connectivity index (χ4n) is 2.25. The molecule has 0 saturated carbocycles. The Morgan fingerprint density at radius 3 is 2.43 bits per heavy atom. The zero-order valence-corrected chi connectivity index (χ0v) is 13.0. The first-order valence-electron chi connectivity index (χ1n) is 7.22. The highest BCUT2D eigenvalue weighted by Gasteiger charge is 2.22. The molecule has 0 aliphatic rings. The van der Waals surface area contributed by atoms with Crippen LogP contribution in [0, 0.1) is 17.2 Å². The number of rotatable bonds is 7. The van der Waals surface area contributed by atoms with E-state index < -0.39 is 12.0 Å². The lowest BCUT2D eigenvalue weighted by Crippen LogP contribution is -2.32. The number of nitrogens with zero attached hydrogens (tertiary/aromatic N) is 3. The Hall–Kier alpha value is -2.16. The van der Waals surface area contributed by atoms with E-state index in [2.05, 4.69) is 21.6 Å². The van der Waals surface area contributed by atoms with Crippen LogP contribution in [0.5, 0.6) is 0 Å². The third-order valence-electron chi connectivity index (χ3n) is 3.27. The number of nitriles is 1. The highest BCUT2D eigenvalue weighted by Crippen LogP contribution is 2.21. The number of aromatic nitrogens is 2. The summed E-state index contributed by atoms with van der Waals surface area (Å²) in [6, 6.07) is 1.36. The van der Waals surface area contributed by atoms with Crippen molar-refractivity contribution in [2.24, 2.45) is 5.92 Å². The molecule has 6 nitrogen and oxygen atoms in total. The number of aliphatic carboxylic acids is 1. The number of hydrogen-bond donors (Lipinski definition) is 2. The van der Waals surface area contributed by atoms with Gasteiger partial charge in [-0.3, -0.25) is 0 Å². The third kappa shape index (κ3) is 4.15. The Labute approximate surface area is 125 Å². The molecule has 0 aromatic carbocycles. The van der Waals surface area contributed by atoms with Crippen LogP contribution in [0.4, 0.5) is 5.82 Å². The standard InChI is InChI=1S/C15H22N4O2/c1-5-10-11(8-16)14(19-18-12(10)6-2)17-13(15(20)21)7-9(3)4/h9,13H,5-7H2,1-4H3,(H,17,19)(H,20,21). The van der Waals surface area contributed by atoms with Gasteiger partial charge in [0.2, 0.25) is 0 Å². The molecule has 0 fully saturated rings. The third-order valence-corrected chi connectivity index (χ3v) is 3.27. The molecule has 114 valence electrons. The van der Waals surface area contributed by atoms with Crippen molar-refractivity contribution in [1.82, 2.24) is 10.2 Å². The summed E-state index contributed by atoms with van der Waals surface area (Å²) in [5, 5.41) is 29.6. The maximum Gasteiger partial charge on any atom is 0.326 e. The molecule has 0 bridgehead atoms. The van der Waals surface area contributed by atoms with Crippen molar-refractivity contribution < 1.29 is 9.90 Å². The lowest BCUT2D eigenvalue weighted by molar-refractivity contribution is -0.138. The topological polar surface area (TPSA) is 98.9 Å². The van der Waals surface area contributed by atoms with E-state index in [-0.39, 0.29) is 11.7 Å². The summed E-state index contributed by atoms with van der Waals surface area (Å²) in [6.45, 7) is 7.80. The Kier molecular flexibility index (Phi) is 6.10. The largest absolute Gasteiger partial charge is 0.480 e. The van der Waals surface area contributed by atoms with Gasteiger partial charge in [-0.2, -0.15) is 10.4 Å². The van der Waals surface area contributed by atoms with Gasteiger partial charge in [-0.25, -0.2) is 4.79 Å². The first-order chi connectivity index (χ1) is 9.94. The van der Waals surface area contributed by atoms with E-state index in [1.54, 1.807) is 0 Å². The molecule has 0 spiro atoms. The molecule has 0 aliphatic heterocycles. The van der Waals surface area contributed by atoms with Gasteiger partial charge in [-0.05, 0) is 30.7 Å². The average Bonchev–Trinajstić information content (AvgIpc) is 2.45. The van der Waals surface area contributed by atoms with E-state index in [0.29, 0.717) is 24.8 Å². The van der Waals surface area contributed by atoms with Crippen LogP contribution in [-0.2, 0) is 17.6 Å². The predicted octanol–water partition coefficient (Wildman–Crippen LogP) is 2.38. The lowest BCUT2D eigenvalue weighted by Gasteiger charge is -2.18. The number of hydrogen-bond acceptors (Lipinski definition) is 5. The monoisotopic (exact) mass is 290 g/mol. The molecule has 2 N–H and O–H groups in total. The molecule has 1 rings (SSSR count). The number of carboxylic acid groups (broad SMARTS) is 1. The second-order valence-electron chi connectivity index (χ2n) is 5.33. The number of anilines is 1. The number of carbonyl (C=O) groups is 1. The number of carboxylic acids is 1. The summed E-state index contributed by atoms with van der Waals surface area (Å²) in [4.78, 5) is 11.3. The van der Waals surface area contributed by atoms with Crippen molar-refractivity contribution in [2.45, 2.75) is 53.0 Å². The van der Waals surface area contributed by atoms with Gasteiger partial charge in [0.05, 0.1) is 5.69 Å². The highest BCUT2D eigenvalue weighted by molar-refractivity contribution is 5.77. The van der Waals surface area contributed by atoms with Crippen LogP contribution < -0.4 is 5.32 Å². The minimum atomic E-state index is -0.952. The molecular weight excluding hydrogens is 268 g/mol. The second kappa shape index (κ2) is 7.58. The molecule has 0 saturated heterocycles. The summed E-state index contributed by atoms with van der Waals surface area (Å²) in [7, 11) is 0. The quantitative estimate of drug-likeness (QED) is 0.800. The van der Waals surface area contributed by atoms with Crippen LogP contribution in [-0.4, -0.2) is 27.3 Å². The first-order valence-corrected chi connectivity index (χ1v) is 7.22. The van der Waals surface area contributed by atoms with Crippen molar-refractivity contribution in [2.75, 3.05) is 5.32 Å². The van der Waals surface area contributed by atoms with Crippen LogP contribution in [0.1, 0.15) is 50.9 Å². The highest BCUT2D eigenvalue weighted by atomic mass is 16.4. The fourth-order valence-corrected chi connectivity index (χ4v) is 2.25. The predicted molar refractivity (Wildman–Crippen MR) is 80.0 cm³/mol. The fraction of sp³-hybridized carbons (Fsp3) is 0.600. The van der Waals surface area contributed by atoms with E-state index in [0.717, 1.165) is 11.3 Å². The minimum absolute atomic E-state index is 0.220. The molecule has 0 amide bonds. The molecule has 1 atom stereocenters. The maximum absolute atomic E-state index is 11.3. The van der Waals surface area contributed by atoms with Crippen molar-refractivity contribution in [3.05, 3.63) is 16.8 Å². The Morgan fingerprint density at radius 2 is 2.00 bits per heavy atom. The molecule has 1 unspecified atom stereocenters. The summed E-state index contributed by atoms with van der Waals surface area (Å²) >= 11 is 0. The van der Waals surface area contributed by atoms with E-state index >= 15 is 0 Å². The Balaban J connectivity index is 3.18. The van der Waals surface area contributed by atoms with Gasteiger partial charge in [0.25, 0.3) is 0 Å². The summed E-state index contributed by atoms with van der Waals surface area (Å²) < 4.78 is 0. The van der Waals surface area contributed by atoms with E-state index in [1.165, 1.54) is 0 Å². The molecule has 0 radical (unpaired) electrons.